The van der Waals surface area contributed by atoms with E-state index in [9.17, 15) is 13.2 Å². The molecule has 0 amide bonds. The van der Waals surface area contributed by atoms with Crippen LogP contribution in [0.2, 0.25) is 0 Å². The first-order chi connectivity index (χ1) is 5.93. The third-order valence-corrected chi connectivity index (χ3v) is 2.74. The molecular weight excluding hydrogens is 188 g/mol. The van der Waals surface area contributed by atoms with E-state index in [0.717, 1.165) is 6.26 Å². The predicted molar refractivity (Wildman–Crippen MR) is 49.2 cm³/mol. The summed E-state index contributed by atoms with van der Waals surface area (Å²) in [5.74, 6) is -0.485. The molecule has 0 atom stereocenters. The molecule has 4 heteroatoms. The molecule has 0 aliphatic carbocycles. The average molecular weight is 197 g/mol. The van der Waals surface area contributed by atoms with E-state index in [1.807, 2.05) is 0 Å². The number of hydrogen-bond donors (Lipinski definition) is 0. The van der Waals surface area contributed by atoms with Crippen molar-refractivity contribution in [3.63, 3.8) is 0 Å². The first-order valence-electron chi connectivity index (χ1n) is 3.58. The zero-order valence-electron chi connectivity index (χ0n) is 7.15. The zero-order valence-corrected chi connectivity index (χ0v) is 7.97. The highest BCUT2D eigenvalue weighted by molar-refractivity contribution is 7.90. The average Bonchev–Trinajstić information content (AvgIpc) is 2.03. The van der Waals surface area contributed by atoms with Crippen LogP contribution in [-0.2, 0) is 9.84 Å². The van der Waals surface area contributed by atoms with E-state index >= 15 is 0 Å². The molecule has 0 heterocycles. The summed E-state index contributed by atoms with van der Waals surface area (Å²) < 4.78 is 22.4. The number of benzene rings is 1. The molecule has 1 radical (unpaired) electrons. The van der Waals surface area contributed by atoms with Crippen LogP contribution in [0.15, 0.2) is 29.2 Å². The Kier molecular flexibility index (Phi) is 2.52. The van der Waals surface area contributed by atoms with Crippen LogP contribution < -0.4 is 0 Å². The maximum absolute atomic E-state index is 11.2. The predicted octanol–water partition coefficient (Wildman–Crippen LogP) is 1.11. The molecule has 0 saturated carbocycles. The van der Waals surface area contributed by atoms with Crippen LogP contribution in [0.5, 0.6) is 0 Å². The Balaban J connectivity index is 3.46. The lowest BCUT2D eigenvalue weighted by atomic mass is 10.1. The summed E-state index contributed by atoms with van der Waals surface area (Å²) in [5.41, 5.74) is 0.144. The van der Waals surface area contributed by atoms with E-state index in [0.29, 0.717) is 0 Å². The first kappa shape index (κ1) is 9.92. The van der Waals surface area contributed by atoms with Gasteiger partial charge < -0.3 is 0 Å². The van der Waals surface area contributed by atoms with Crippen LogP contribution in [-0.4, -0.2) is 20.5 Å². The van der Waals surface area contributed by atoms with Gasteiger partial charge in [-0.2, -0.15) is 0 Å². The van der Waals surface area contributed by atoms with Gasteiger partial charge in [-0.15, -0.1) is 0 Å². The molecule has 0 spiro atoms. The lowest BCUT2D eigenvalue weighted by Gasteiger charge is -2.02. The molecule has 0 unspecified atom stereocenters. The second-order valence-electron chi connectivity index (χ2n) is 2.69. The molecule has 1 rings (SSSR count). The lowest BCUT2D eigenvalue weighted by Crippen LogP contribution is -2.05. The second kappa shape index (κ2) is 3.30. The van der Waals surface area contributed by atoms with E-state index in [-0.39, 0.29) is 10.5 Å². The maximum Gasteiger partial charge on any atom is 0.176 e. The molecule has 0 aliphatic heterocycles. The molecule has 13 heavy (non-hydrogen) atoms. The van der Waals surface area contributed by atoms with Gasteiger partial charge in [0.25, 0.3) is 0 Å². The molecular formula is C9H9O3S. The molecule has 0 aliphatic rings. The number of sulfone groups is 1. The fourth-order valence-corrected chi connectivity index (χ4v) is 1.93. The van der Waals surface area contributed by atoms with Crippen LogP contribution >= 0.6 is 0 Å². The highest BCUT2D eigenvalue weighted by Gasteiger charge is 2.14. The normalized spacial score (nSPS) is 11.2. The van der Waals surface area contributed by atoms with Crippen molar-refractivity contribution in [2.24, 2.45) is 0 Å². The fraction of sp³-hybridized carbons (Fsp3) is 0.111. The molecule has 3 nitrogen and oxygen atoms in total. The number of carbonyl (C=O) groups excluding carboxylic acids is 1. The molecule has 1 aromatic carbocycles. The summed E-state index contributed by atoms with van der Waals surface area (Å²) in [6.07, 6.45) is 1.06. The van der Waals surface area contributed by atoms with Gasteiger partial charge in [0.2, 0.25) is 0 Å². The third kappa shape index (κ3) is 2.15. The Morgan fingerprint density at radius 3 is 2.23 bits per heavy atom. The van der Waals surface area contributed by atoms with Gasteiger partial charge in [0.05, 0.1) is 4.90 Å². The third-order valence-electron chi connectivity index (χ3n) is 1.59. The Bertz CT molecular complexity index is 432. The Morgan fingerprint density at radius 1 is 1.31 bits per heavy atom. The fourth-order valence-electron chi connectivity index (χ4n) is 1.02. The maximum atomic E-state index is 11.2. The summed E-state index contributed by atoms with van der Waals surface area (Å²) in [4.78, 5) is 11.0. The number of Topliss-reactive ketones (excluding diaryl/α,β-unsaturated/α-hetero) is 1. The van der Waals surface area contributed by atoms with E-state index < -0.39 is 15.6 Å². The van der Waals surface area contributed by atoms with Crippen molar-refractivity contribution < 1.29 is 13.2 Å². The Labute approximate surface area is 77.3 Å². The van der Waals surface area contributed by atoms with Gasteiger partial charge in [-0.1, -0.05) is 18.2 Å². The molecule has 1 aromatic rings. The van der Waals surface area contributed by atoms with E-state index in [4.69, 9.17) is 0 Å². The topological polar surface area (TPSA) is 51.2 Å². The van der Waals surface area contributed by atoms with Crippen molar-refractivity contribution in [3.05, 3.63) is 36.8 Å². The highest BCUT2D eigenvalue weighted by Crippen LogP contribution is 2.15. The number of ketones is 1. The minimum Gasteiger partial charge on any atom is -0.294 e. The van der Waals surface area contributed by atoms with Crippen LogP contribution in [0.25, 0.3) is 0 Å². The van der Waals surface area contributed by atoms with Crippen molar-refractivity contribution in [2.45, 2.75) is 4.90 Å². The van der Waals surface area contributed by atoms with E-state index in [1.165, 1.54) is 12.1 Å². The Morgan fingerprint density at radius 2 is 1.85 bits per heavy atom. The molecule has 0 saturated heterocycles. The van der Waals surface area contributed by atoms with Crippen LogP contribution in [0.3, 0.4) is 0 Å². The van der Waals surface area contributed by atoms with Crippen molar-refractivity contribution in [2.75, 3.05) is 6.26 Å². The van der Waals surface area contributed by atoms with Gasteiger partial charge in [-0.05, 0) is 6.07 Å². The van der Waals surface area contributed by atoms with Crippen molar-refractivity contribution >= 4 is 15.6 Å². The minimum atomic E-state index is -3.34. The van der Waals surface area contributed by atoms with Gasteiger partial charge in [0.15, 0.2) is 15.6 Å². The van der Waals surface area contributed by atoms with Gasteiger partial charge in [0.1, 0.15) is 0 Å². The van der Waals surface area contributed by atoms with E-state index in [1.54, 1.807) is 12.1 Å². The van der Waals surface area contributed by atoms with Crippen molar-refractivity contribution in [3.8, 4) is 0 Å². The first-order valence-corrected chi connectivity index (χ1v) is 5.47. The van der Waals surface area contributed by atoms with Crippen LogP contribution in [0, 0.1) is 6.92 Å². The van der Waals surface area contributed by atoms with Crippen LogP contribution in [0.1, 0.15) is 10.4 Å². The zero-order chi connectivity index (χ0) is 10.1. The number of carbonyl (C=O) groups is 1. The van der Waals surface area contributed by atoms with Gasteiger partial charge in [-0.25, -0.2) is 8.42 Å². The Hall–Kier alpha value is -1.16. The highest BCUT2D eigenvalue weighted by atomic mass is 32.2. The van der Waals surface area contributed by atoms with Gasteiger partial charge in [0, 0.05) is 18.7 Å². The lowest BCUT2D eigenvalue weighted by molar-refractivity contribution is 0.104. The molecule has 0 bridgehead atoms. The van der Waals surface area contributed by atoms with Crippen molar-refractivity contribution in [1.29, 1.82) is 0 Å². The second-order valence-corrected chi connectivity index (χ2v) is 4.68. The van der Waals surface area contributed by atoms with E-state index in [2.05, 4.69) is 6.92 Å². The SMILES string of the molecule is [CH2]C(=O)c1ccccc1S(C)(=O)=O. The van der Waals surface area contributed by atoms with Crippen molar-refractivity contribution in [1.82, 2.24) is 0 Å². The summed E-state index contributed by atoms with van der Waals surface area (Å²) >= 11 is 0. The quantitative estimate of drug-likeness (QED) is 0.667. The summed E-state index contributed by atoms with van der Waals surface area (Å²) in [6.45, 7) is 3.18. The van der Waals surface area contributed by atoms with Crippen LogP contribution in [0.4, 0.5) is 0 Å². The summed E-state index contributed by atoms with van der Waals surface area (Å²) in [6, 6.07) is 6.02. The number of rotatable bonds is 2. The number of hydrogen-bond acceptors (Lipinski definition) is 3. The van der Waals surface area contributed by atoms with Gasteiger partial charge in [-0.3, -0.25) is 4.79 Å². The summed E-state index contributed by atoms with van der Waals surface area (Å²) in [7, 11) is -3.34. The molecule has 69 valence electrons. The standard InChI is InChI=1S/C9H9O3S/c1-7(10)8-5-3-4-6-9(8)13(2,11)12/h3-6H,1H2,2H3. The molecule has 0 fully saturated rings. The van der Waals surface area contributed by atoms with Gasteiger partial charge >= 0.3 is 0 Å². The monoisotopic (exact) mass is 197 g/mol. The summed E-state index contributed by atoms with van der Waals surface area (Å²) in [5, 5.41) is 0. The minimum absolute atomic E-state index is 0.0370. The largest absolute Gasteiger partial charge is 0.294 e. The molecule has 0 N–H and O–H groups in total. The molecule has 0 aromatic heterocycles. The smallest absolute Gasteiger partial charge is 0.176 e.